The molecule has 3 N–H and O–H groups in total. The quantitative estimate of drug-likeness (QED) is 0.164. The molecule has 6 aromatic rings. The molecule has 1 fully saturated rings. The number of rotatable bonds is 8. The predicted molar refractivity (Wildman–Crippen MR) is 178 cm³/mol. The number of benzene rings is 2. The summed E-state index contributed by atoms with van der Waals surface area (Å²) >= 11 is 0. The van der Waals surface area contributed by atoms with Crippen LogP contribution in [0.25, 0.3) is 55.6 Å². The molecule has 4 heterocycles. The molecule has 1 amide bonds. The van der Waals surface area contributed by atoms with E-state index in [9.17, 15) is 17.6 Å². The number of aromatic amines is 2. The lowest BCUT2D eigenvalue weighted by Gasteiger charge is -2.20. The molecule has 0 atom stereocenters. The molecule has 234 valence electrons. The number of anilines is 1. The van der Waals surface area contributed by atoms with E-state index in [0.717, 1.165) is 64.3 Å². The third-order valence-electron chi connectivity index (χ3n) is 8.67. The monoisotopic (exact) mass is 636 g/mol. The molecule has 2 aromatic carbocycles. The molecule has 1 saturated carbocycles. The number of carbonyl (C=O) groups is 1. The van der Waals surface area contributed by atoms with Crippen LogP contribution in [0.5, 0.6) is 0 Å². The third kappa shape index (κ3) is 6.28. The van der Waals surface area contributed by atoms with Gasteiger partial charge in [-0.25, -0.2) is 12.8 Å². The Hall–Kier alpha value is -4.90. The maximum atomic E-state index is 14.7. The van der Waals surface area contributed by atoms with E-state index in [-0.39, 0.29) is 24.0 Å². The lowest BCUT2D eigenvalue weighted by Crippen LogP contribution is -2.24. The number of H-pyrrole nitrogens is 2. The second-order valence-electron chi connectivity index (χ2n) is 12.2. The van der Waals surface area contributed by atoms with Crippen LogP contribution in [0, 0.1) is 11.7 Å². The summed E-state index contributed by atoms with van der Waals surface area (Å²) in [7, 11) is -3.19. The van der Waals surface area contributed by atoms with Gasteiger partial charge in [0.2, 0.25) is 5.91 Å². The molecule has 0 radical (unpaired) electrons. The Bertz CT molecular complexity index is 2200. The number of nitrogens with one attached hydrogen (secondary N) is 3. The molecule has 1 aliphatic carbocycles. The van der Waals surface area contributed by atoms with Crippen molar-refractivity contribution in [3.63, 3.8) is 0 Å². The average molecular weight is 637 g/mol. The third-order valence-corrected chi connectivity index (χ3v) is 9.62. The van der Waals surface area contributed by atoms with E-state index in [4.69, 9.17) is 0 Å². The highest BCUT2D eigenvalue weighted by Crippen LogP contribution is 2.35. The van der Waals surface area contributed by atoms with Crippen LogP contribution in [-0.2, 0) is 21.1 Å². The van der Waals surface area contributed by atoms with Gasteiger partial charge >= 0.3 is 0 Å². The molecule has 11 heteroatoms. The fraction of sp³-hybridized carbons (Fsp3) is 0.257. The molecular weight excluding hydrogens is 603 g/mol. The number of nitrogens with zero attached hydrogens (tertiary/aromatic N) is 3. The molecule has 0 saturated heterocycles. The van der Waals surface area contributed by atoms with E-state index >= 15 is 0 Å². The number of carbonyl (C=O) groups excluding carboxylic acids is 1. The minimum Gasteiger partial charge on any atom is -0.353 e. The van der Waals surface area contributed by atoms with Crippen LogP contribution in [0.4, 0.5) is 10.1 Å². The van der Waals surface area contributed by atoms with Crippen LogP contribution in [0.1, 0.15) is 37.7 Å². The predicted octanol–water partition coefficient (Wildman–Crippen LogP) is 7.08. The number of amides is 1. The highest BCUT2D eigenvalue weighted by molar-refractivity contribution is 7.90. The van der Waals surface area contributed by atoms with E-state index in [1.54, 1.807) is 24.7 Å². The summed E-state index contributed by atoms with van der Waals surface area (Å²) in [6.45, 7) is 0. The molecule has 1 aliphatic rings. The van der Waals surface area contributed by atoms with Gasteiger partial charge in [-0.2, -0.15) is 5.10 Å². The van der Waals surface area contributed by atoms with Gasteiger partial charge < -0.3 is 10.3 Å². The Labute approximate surface area is 265 Å². The van der Waals surface area contributed by atoms with Crippen LogP contribution in [0.15, 0.2) is 73.2 Å². The molecule has 0 bridgehead atoms. The number of halogens is 1. The summed E-state index contributed by atoms with van der Waals surface area (Å²) in [5, 5.41) is 12.5. The first-order chi connectivity index (χ1) is 22.2. The van der Waals surface area contributed by atoms with E-state index in [2.05, 4.69) is 30.5 Å². The van der Waals surface area contributed by atoms with Crippen molar-refractivity contribution >= 4 is 43.2 Å². The van der Waals surface area contributed by atoms with Gasteiger partial charge in [0.1, 0.15) is 21.3 Å². The normalized spacial score (nSPS) is 14.2. The lowest BCUT2D eigenvalue weighted by atomic mass is 9.88. The van der Waals surface area contributed by atoms with Gasteiger partial charge in [-0.05, 0) is 78.9 Å². The molecule has 7 rings (SSSR count). The van der Waals surface area contributed by atoms with Crippen molar-refractivity contribution in [2.45, 2.75) is 38.5 Å². The lowest BCUT2D eigenvalue weighted by molar-refractivity contribution is -0.120. The second kappa shape index (κ2) is 12.1. The second-order valence-corrected chi connectivity index (χ2v) is 14.4. The first kappa shape index (κ1) is 29.8. The van der Waals surface area contributed by atoms with Gasteiger partial charge in [0.25, 0.3) is 0 Å². The zero-order valence-corrected chi connectivity index (χ0v) is 26.1. The smallest absolute Gasteiger partial charge is 0.227 e. The van der Waals surface area contributed by atoms with Gasteiger partial charge in [-0.1, -0.05) is 25.3 Å². The van der Waals surface area contributed by atoms with Crippen molar-refractivity contribution in [2.75, 3.05) is 17.3 Å². The fourth-order valence-corrected chi connectivity index (χ4v) is 6.93. The number of sulfone groups is 1. The number of aromatic nitrogens is 5. The minimum absolute atomic E-state index is 0.0529. The maximum absolute atomic E-state index is 14.7. The van der Waals surface area contributed by atoms with Crippen molar-refractivity contribution in [3.8, 4) is 33.8 Å². The topological polar surface area (TPSA) is 133 Å². The van der Waals surface area contributed by atoms with Gasteiger partial charge in [0.15, 0.2) is 0 Å². The van der Waals surface area contributed by atoms with E-state index in [0.29, 0.717) is 28.2 Å². The summed E-state index contributed by atoms with van der Waals surface area (Å²) in [5.74, 6) is -0.404. The standard InChI is InChI=1S/C35H33FN6O3S/c1-46(44,45)12-10-21-13-24(15-26(36)14-21)33-29-18-32(40-30(29)9-11-38-33)34-28-17-23(7-8-31(28)41-42-34)25-16-27(20-37-19-25)39-35(43)22-5-3-2-4-6-22/h7-9,11,13-20,22,40H,2-6,10,12H2,1H3,(H,39,43)(H,41,42). The molecule has 4 aromatic heterocycles. The number of fused-ring (bicyclic) bond motifs is 2. The van der Waals surface area contributed by atoms with E-state index < -0.39 is 15.7 Å². The van der Waals surface area contributed by atoms with Gasteiger partial charge in [-0.3, -0.25) is 19.9 Å². The number of pyridine rings is 2. The highest BCUT2D eigenvalue weighted by atomic mass is 32.2. The van der Waals surface area contributed by atoms with Crippen molar-refractivity contribution < 1.29 is 17.6 Å². The van der Waals surface area contributed by atoms with Crippen LogP contribution in [-0.4, -0.2) is 51.5 Å². The Morgan fingerprint density at radius 3 is 2.57 bits per heavy atom. The summed E-state index contributed by atoms with van der Waals surface area (Å²) < 4.78 is 38.1. The van der Waals surface area contributed by atoms with Crippen molar-refractivity contribution in [3.05, 3.63) is 84.6 Å². The van der Waals surface area contributed by atoms with Gasteiger partial charge in [0, 0.05) is 52.0 Å². The summed E-state index contributed by atoms with van der Waals surface area (Å²) in [5.41, 5.74) is 7.34. The molecular formula is C35H33FN6O3S. The Morgan fingerprint density at radius 2 is 1.74 bits per heavy atom. The van der Waals surface area contributed by atoms with Crippen LogP contribution in [0.2, 0.25) is 0 Å². The van der Waals surface area contributed by atoms with E-state index in [1.807, 2.05) is 36.4 Å². The Balaban J connectivity index is 1.21. The van der Waals surface area contributed by atoms with Gasteiger partial charge in [-0.15, -0.1) is 0 Å². The van der Waals surface area contributed by atoms with Crippen LogP contribution >= 0.6 is 0 Å². The van der Waals surface area contributed by atoms with Gasteiger partial charge in [0.05, 0.1) is 34.5 Å². The summed E-state index contributed by atoms with van der Waals surface area (Å²) in [6, 6.07) is 16.3. The molecule has 0 spiro atoms. The molecule has 0 aliphatic heterocycles. The van der Waals surface area contributed by atoms with E-state index in [1.165, 1.54) is 24.8 Å². The maximum Gasteiger partial charge on any atom is 0.227 e. The minimum atomic E-state index is -3.19. The zero-order valence-electron chi connectivity index (χ0n) is 25.3. The number of hydrogen-bond acceptors (Lipinski definition) is 6. The van der Waals surface area contributed by atoms with Crippen molar-refractivity contribution in [2.24, 2.45) is 5.92 Å². The summed E-state index contributed by atoms with van der Waals surface area (Å²) in [4.78, 5) is 25.3. The van der Waals surface area contributed by atoms with Crippen molar-refractivity contribution in [1.29, 1.82) is 0 Å². The summed E-state index contributed by atoms with van der Waals surface area (Å²) in [6.07, 6.45) is 11.7. The number of aryl methyl sites for hydroxylation is 1. The Morgan fingerprint density at radius 1 is 0.913 bits per heavy atom. The van der Waals surface area contributed by atoms with Crippen LogP contribution in [0.3, 0.4) is 0 Å². The van der Waals surface area contributed by atoms with Crippen LogP contribution < -0.4 is 5.32 Å². The van der Waals surface area contributed by atoms with Crippen molar-refractivity contribution in [1.82, 2.24) is 25.1 Å². The first-order valence-corrected chi connectivity index (χ1v) is 17.5. The fourth-order valence-electron chi connectivity index (χ4n) is 6.32. The largest absolute Gasteiger partial charge is 0.353 e. The SMILES string of the molecule is CS(=O)(=O)CCc1cc(F)cc(-c2nccc3[nH]c(-c4n[nH]c5ccc(-c6cncc(NC(=O)C7CCCCC7)c6)cc45)cc23)c1. The zero-order chi connectivity index (χ0) is 31.8. The first-order valence-electron chi connectivity index (χ1n) is 15.4. The average Bonchev–Trinajstić information content (AvgIpc) is 3.68. The Kier molecular flexibility index (Phi) is 7.85. The molecule has 9 nitrogen and oxygen atoms in total. The highest BCUT2D eigenvalue weighted by Gasteiger charge is 2.21. The molecule has 46 heavy (non-hydrogen) atoms. The number of hydrogen-bond donors (Lipinski definition) is 3. The molecule has 0 unspecified atom stereocenters.